The van der Waals surface area contributed by atoms with Crippen LogP contribution in [0.2, 0.25) is 0 Å². The van der Waals surface area contributed by atoms with Crippen LogP contribution in [-0.2, 0) is 4.74 Å². The van der Waals surface area contributed by atoms with Gasteiger partial charge < -0.3 is 10.1 Å². The van der Waals surface area contributed by atoms with Crippen LogP contribution in [-0.4, -0.2) is 22.6 Å². The third kappa shape index (κ3) is 5.43. The van der Waals surface area contributed by atoms with Gasteiger partial charge in [0.05, 0.1) is 16.9 Å². The van der Waals surface area contributed by atoms with E-state index in [2.05, 4.69) is 15.6 Å². The third-order valence-electron chi connectivity index (χ3n) is 3.85. The molecule has 0 fully saturated rings. The first-order chi connectivity index (χ1) is 14.2. The normalized spacial score (nSPS) is 10.7. The second-order valence-corrected chi connectivity index (χ2v) is 8.31. The van der Waals surface area contributed by atoms with Crippen molar-refractivity contribution in [1.82, 2.24) is 4.98 Å². The minimum absolute atomic E-state index is 0.221. The van der Waals surface area contributed by atoms with Gasteiger partial charge in [0.2, 0.25) is 0 Å². The second-order valence-electron chi connectivity index (χ2n) is 7.36. The predicted molar refractivity (Wildman–Crippen MR) is 117 cm³/mol. The number of aromatic nitrogens is 1. The molecule has 152 valence electrons. The van der Waals surface area contributed by atoms with Gasteiger partial charge in [-0.1, -0.05) is 12.1 Å². The van der Waals surface area contributed by atoms with Crippen molar-refractivity contribution in [2.24, 2.45) is 0 Å². The molecule has 2 heterocycles. The van der Waals surface area contributed by atoms with Crippen molar-refractivity contribution < 1.29 is 14.3 Å². The Hall–Kier alpha value is -3.70. The van der Waals surface area contributed by atoms with Crippen molar-refractivity contribution >= 4 is 34.7 Å². The first-order valence-electron chi connectivity index (χ1n) is 9.10. The predicted octanol–water partition coefficient (Wildman–Crippen LogP) is 5.28. The minimum atomic E-state index is -0.654. The number of benzene rings is 1. The molecule has 2 amide bonds. The zero-order chi connectivity index (χ0) is 21.7. The van der Waals surface area contributed by atoms with E-state index >= 15 is 0 Å². The van der Waals surface area contributed by atoms with Crippen LogP contribution in [0.25, 0.3) is 10.4 Å². The lowest BCUT2D eigenvalue weighted by molar-refractivity contribution is 0.0635. The molecule has 2 N–H and O–H groups in total. The summed E-state index contributed by atoms with van der Waals surface area (Å²) in [6, 6.07) is 14.2. The number of ether oxygens (including phenoxy) is 1. The highest BCUT2D eigenvalue weighted by Crippen LogP contribution is 2.32. The number of rotatable bonds is 4. The van der Waals surface area contributed by atoms with Gasteiger partial charge in [-0.15, -0.1) is 11.3 Å². The highest BCUT2D eigenvalue weighted by Gasteiger charge is 2.18. The largest absolute Gasteiger partial charge is 0.444 e. The number of hydrogen-bond acceptors (Lipinski definition) is 6. The Morgan fingerprint density at radius 2 is 1.90 bits per heavy atom. The lowest BCUT2D eigenvalue weighted by Crippen LogP contribution is -2.27. The smallest absolute Gasteiger partial charge is 0.412 e. The van der Waals surface area contributed by atoms with Gasteiger partial charge in [0.15, 0.2) is 0 Å². The molecular weight excluding hydrogens is 400 g/mol. The number of carbonyl (C=O) groups is 2. The van der Waals surface area contributed by atoms with Crippen LogP contribution in [0.15, 0.2) is 54.0 Å². The van der Waals surface area contributed by atoms with Gasteiger partial charge in [-0.05, 0) is 62.0 Å². The van der Waals surface area contributed by atoms with Crippen molar-refractivity contribution in [3.8, 4) is 16.5 Å². The monoisotopic (exact) mass is 420 g/mol. The molecular formula is C22H20N4O3S. The number of nitriles is 1. The lowest BCUT2D eigenvalue weighted by Gasteiger charge is -2.21. The molecule has 0 aliphatic heterocycles. The summed E-state index contributed by atoms with van der Waals surface area (Å²) in [5.74, 6) is -0.414. The van der Waals surface area contributed by atoms with Crippen LogP contribution >= 0.6 is 11.3 Å². The molecule has 0 bridgehead atoms. The van der Waals surface area contributed by atoms with Crippen molar-refractivity contribution in [3.05, 3.63) is 65.3 Å². The summed E-state index contributed by atoms with van der Waals surface area (Å²) in [5, 5.41) is 16.3. The van der Waals surface area contributed by atoms with Crippen LogP contribution in [0.4, 0.5) is 16.2 Å². The molecule has 7 nitrogen and oxygen atoms in total. The van der Waals surface area contributed by atoms with E-state index in [1.54, 1.807) is 44.2 Å². The Morgan fingerprint density at radius 3 is 2.50 bits per heavy atom. The number of nitrogens with one attached hydrogen (secondary N) is 2. The number of amides is 2. The van der Waals surface area contributed by atoms with Crippen LogP contribution in [0.5, 0.6) is 0 Å². The maximum atomic E-state index is 12.7. The Balaban J connectivity index is 1.89. The molecule has 0 saturated carbocycles. The Bertz CT molecular complexity index is 1090. The highest BCUT2D eigenvalue weighted by atomic mass is 32.1. The minimum Gasteiger partial charge on any atom is -0.444 e. The number of nitrogens with zero attached hydrogens (tertiary/aromatic N) is 2. The lowest BCUT2D eigenvalue weighted by atomic mass is 10.1. The summed E-state index contributed by atoms with van der Waals surface area (Å²) in [6.07, 6.45) is 0.708. The van der Waals surface area contributed by atoms with Crippen molar-refractivity contribution in [2.75, 3.05) is 10.6 Å². The molecule has 0 radical (unpaired) electrons. The first-order valence-corrected chi connectivity index (χ1v) is 9.98. The molecule has 0 saturated heterocycles. The van der Waals surface area contributed by atoms with E-state index in [0.717, 1.165) is 10.4 Å². The highest BCUT2D eigenvalue weighted by molar-refractivity contribution is 7.13. The fourth-order valence-corrected chi connectivity index (χ4v) is 3.28. The van der Waals surface area contributed by atoms with Gasteiger partial charge in [-0.2, -0.15) is 5.26 Å². The molecule has 0 unspecified atom stereocenters. The molecule has 3 aromatic rings. The Morgan fingerprint density at radius 1 is 1.10 bits per heavy atom. The molecule has 8 heteroatoms. The number of anilines is 2. The van der Waals surface area contributed by atoms with E-state index in [-0.39, 0.29) is 5.69 Å². The number of hydrogen-bond donors (Lipinski definition) is 2. The quantitative estimate of drug-likeness (QED) is 0.597. The summed E-state index contributed by atoms with van der Waals surface area (Å²) in [5.41, 5.74) is 1.57. The van der Waals surface area contributed by atoms with Gasteiger partial charge in [0.25, 0.3) is 5.91 Å². The third-order valence-corrected chi connectivity index (χ3v) is 4.77. The van der Waals surface area contributed by atoms with Crippen LogP contribution in [0, 0.1) is 11.3 Å². The van der Waals surface area contributed by atoms with E-state index < -0.39 is 17.6 Å². The van der Waals surface area contributed by atoms with E-state index in [1.165, 1.54) is 18.3 Å². The van der Waals surface area contributed by atoms with Gasteiger partial charge >= 0.3 is 6.09 Å². The van der Waals surface area contributed by atoms with Crippen LogP contribution in [0.3, 0.4) is 0 Å². The van der Waals surface area contributed by atoms with Crippen LogP contribution in [0.1, 0.15) is 36.8 Å². The average molecular weight is 420 g/mol. The fourth-order valence-electron chi connectivity index (χ4n) is 2.56. The molecule has 0 aliphatic rings. The van der Waals surface area contributed by atoms with Gasteiger partial charge in [-0.25, -0.2) is 9.78 Å². The average Bonchev–Trinajstić information content (AvgIpc) is 3.22. The summed E-state index contributed by atoms with van der Waals surface area (Å²) >= 11 is 1.57. The van der Waals surface area contributed by atoms with Crippen LogP contribution < -0.4 is 10.6 Å². The van der Waals surface area contributed by atoms with E-state index in [4.69, 9.17) is 10.00 Å². The molecule has 30 heavy (non-hydrogen) atoms. The van der Waals surface area contributed by atoms with E-state index in [1.807, 2.05) is 29.6 Å². The van der Waals surface area contributed by atoms with Gasteiger partial charge in [0.1, 0.15) is 17.4 Å². The molecule has 3 rings (SSSR count). The molecule has 0 aliphatic carbocycles. The molecule has 2 aromatic heterocycles. The van der Waals surface area contributed by atoms with Crippen molar-refractivity contribution in [1.29, 1.82) is 5.26 Å². The fraction of sp³-hybridized carbons (Fsp3) is 0.182. The van der Waals surface area contributed by atoms with E-state index in [0.29, 0.717) is 16.9 Å². The van der Waals surface area contributed by atoms with Gasteiger partial charge in [-0.3, -0.25) is 10.1 Å². The topological polar surface area (TPSA) is 104 Å². The zero-order valence-electron chi connectivity index (χ0n) is 16.7. The van der Waals surface area contributed by atoms with Crippen molar-refractivity contribution in [3.63, 3.8) is 0 Å². The second kappa shape index (κ2) is 8.76. The molecule has 0 atom stereocenters. The number of carbonyl (C=O) groups excluding carboxylic acids is 2. The first kappa shape index (κ1) is 21.0. The summed E-state index contributed by atoms with van der Waals surface area (Å²) in [6.45, 7) is 5.31. The zero-order valence-corrected chi connectivity index (χ0v) is 17.5. The number of pyridine rings is 1. The van der Waals surface area contributed by atoms with Gasteiger partial charge in [0, 0.05) is 11.1 Å². The number of thiophene rings is 1. The van der Waals surface area contributed by atoms with Crippen molar-refractivity contribution in [2.45, 2.75) is 26.4 Å². The standard InChI is InChI=1S/C22H20N4O3S/c1-22(2,3)29-21(28)26-17-9-7-14(19-5-4-10-30-19)11-18(17)25-20(27)15-6-8-16(12-23)24-13-15/h4-11,13H,1-3H3,(H,25,27)(H,26,28). The maximum Gasteiger partial charge on any atom is 0.412 e. The molecule has 1 aromatic carbocycles. The molecule has 0 spiro atoms. The Labute approximate surface area is 178 Å². The SMILES string of the molecule is CC(C)(C)OC(=O)Nc1ccc(-c2cccs2)cc1NC(=O)c1ccc(C#N)nc1. The summed E-state index contributed by atoms with van der Waals surface area (Å²) in [4.78, 5) is 29.9. The maximum absolute atomic E-state index is 12.7. The Kier molecular flexibility index (Phi) is 6.14. The summed E-state index contributed by atoms with van der Waals surface area (Å²) in [7, 11) is 0. The van der Waals surface area contributed by atoms with E-state index in [9.17, 15) is 9.59 Å². The summed E-state index contributed by atoms with van der Waals surface area (Å²) < 4.78 is 5.31.